The molecule has 20 heavy (non-hydrogen) atoms. The first kappa shape index (κ1) is 12.7. The molecule has 3 rings (SSSR count). The minimum Gasteiger partial charge on any atom is -0.398 e. The number of benzene rings is 2. The van der Waals surface area contributed by atoms with Gasteiger partial charge in [0.2, 0.25) is 0 Å². The molecule has 1 aliphatic rings. The first-order valence-electron chi connectivity index (χ1n) is 6.84. The number of hydrogen-bond acceptors (Lipinski definition) is 1. The molecule has 0 spiro atoms. The average Bonchev–Trinajstić information content (AvgIpc) is 2.47. The lowest BCUT2D eigenvalue weighted by atomic mass is 10.1. The van der Waals surface area contributed by atoms with E-state index >= 15 is 0 Å². The lowest BCUT2D eigenvalue weighted by Gasteiger charge is -2.32. The summed E-state index contributed by atoms with van der Waals surface area (Å²) in [5.74, 6) is 0. The number of nitrogens with zero attached hydrogens (tertiary/aromatic N) is 1. The summed E-state index contributed by atoms with van der Waals surface area (Å²) >= 11 is 0. The number of rotatable bonds is 2. The predicted molar refractivity (Wildman–Crippen MR) is 87.9 cm³/mol. The fourth-order valence-electron chi connectivity index (χ4n) is 2.64. The van der Waals surface area contributed by atoms with E-state index in [-0.39, 0.29) is 0 Å². The summed E-state index contributed by atoms with van der Waals surface area (Å²) in [5.41, 5.74) is 10.5. The van der Waals surface area contributed by atoms with Crippen LogP contribution in [0.4, 0.5) is 11.4 Å². The highest BCUT2D eigenvalue weighted by molar-refractivity contribution is 5.72. The van der Waals surface area contributed by atoms with Gasteiger partial charge in [-0.1, -0.05) is 30.3 Å². The lowest BCUT2D eigenvalue weighted by Crippen LogP contribution is -2.41. The van der Waals surface area contributed by atoms with Crippen molar-refractivity contribution in [2.45, 2.75) is 0 Å². The van der Waals surface area contributed by atoms with Crippen LogP contribution < -0.4 is 10.2 Å². The Balaban J connectivity index is 1.98. The van der Waals surface area contributed by atoms with Crippen LogP contribution in [0, 0.1) is 0 Å². The second kappa shape index (κ2) is 4.99. The summed E-state index contributed by atoms with van der Waals surface area (Å²) in [6.07, 6.45) is 8.75. The minimum absolute atomic E-state index is 0.765. The van der Waals surface area contributed by atoms with Gasteiger partial charge in [-0.05, 0) is 24.3 Å². The van der Waals surface area contributed by atoms with Gasteiger partial charge in [-0.3, -0.25) is 4.48 Å². The van der Waals surface area contributed by atoms with Crippen LogP contribution in [0.15, 0.2) is 60.8 Å². The molecule has 0 saturated carbocycles. The topological polar surface area (TPSA) is 26.0 Å². The van der Waals surface area contributed by atoms with Gasteiger partial charge in [-0.15, -0.1) is 0 Å². The van der Waals surface area contributed by atoms with Gasteiger partial charge in [0.15, 0.2) is 0 Å². The largest absolute Gasteiger partial charge is 0.398 e. The van der Waals surface area contributed by atoms with E-state index in [1.807, 2.05) is 24.3 Å². The third-order valence-corrected chi connectivity index (χ3v) is 3.85. The highest BCUT2D eigenvalue weighted by Crippen LogP contribution is 2.31. The highest BCUT2D eigenvalue weighted by Gasteiger charge is 2.26. The second-order valence-electron chi connectivity index (χ2n) is 5.36. The fourth-order valence-corrected chi connectivity index (χ4v) is 2.64. The third kappa shape index (κ3) is 2.26. The maximum atomic E-state index is 6.00. The Labute approximate surface area is 120 Å². The summed E-state index contributed by atoms with van der Waals surface area (Å²) in [4.78, 5) is 0. The first-order valence-corrected chi connectivity index (χ1v) is 6.84. The monoisotopic (exact) mass is 263 g/mol. The van der Waals surface area contributed by atoms with E-state index in [0.717, 1.165) is 22.3 Å². The molecule has 2 aromatic carbocycles. The quantitative estimate of drug-likeness (QED) is 0.645. The number of nitrogen functional groups attached to an aromatic ring is 1. The molecular formula is C18H19N2+. The molecule has 0 fully saturated rings. The van der Waals surface area contributed by atoms with Crippen molar-refractivity contribution in [3.63, 3.8) is 0 Å². The zero-order valence-corrected chi connectivity index (χ0v) is 11.7. The highest BCUT2D eigenvalue weighted by atomic mass is 15.3. The van der Waals surface area contributed by atoms with Crippen LogP contribution in [0.5, 0.6) is 0 Å². The van der Waals surface area contributed by atoms with Crippen molar-refractivity contribution in [3.8, 4) is 0 Å². The van der Waals surface area contributed by atoms with E-state index in [1.54, 1.807) is 0 Å². The van der Waals surface area contributed by atoms with Crippen molar-refractivity contribution in [2.75, 3.05) is 19.3 Å². The van der Waals surface area contributed by atoms with Crippen molar-refractivity contribution in [3.05, 3.63) is 71.9 Å². The molecule has 0 aromatic heterocycles. The zero-order valence-electron chi connectivity index (χ0n) is 11.7. The van der Waals surface area contributed by atoms with Crippen molar-refractivity contribution in [1.29, 1.82) is 0 Å². The van der Waals surface area contributed by atoms with Gasteiger partial charge < -0.3 is 5.73 Å². The van der Waals surface area contributed by atoms with E-state index < -0.39 is 0 Å². The van der Waals surface area contributed by atoms with E-state index in [2.05, 4.69) is 55.7 Å². The third-order valence-electron chi connectivity index (χ3n) is 3.85. The lowest BCUT2D eigenvalue weighted by molar-refractivity contribution is 0.490. The summed E-state index contributed by atoms with van der Waals surface area (Å²) in [5, 5.41) is 0. The molecule has 0 amide bonds. The molecule has 1 unspecified atom stereocenters. The molecule has 0 radical (unpaired) electrons. The Morgan fingerprint density at radius 1 is 1.05 bits per heavy atom. The number of quaternary nitrogens is 1. The van der Waals surface area contributed by atoms with Crippen LogP contribution in [0.3, 0.4) is 0 Å². The molecule has 100 valence electrons. The van der Waals surface area contributed by atoms with Crippen LogP contribution in [-0.4, -0.2) is 13.6 Å². The molecule has 1 atom stereocenters. The Hall–Kier alpha value is -2.32. The van der Waals surface area contributed by atoms with Crippen molar-refractivity contribution in [1.82, 2.24) is 4.48 Å². The molecule has 1 heterocycles. The van der Waals surface area contributed by atoms with Gasteiger partial charge in [0, 0.05) is 29.0 Å². The standard InChI is InChI=1S/C18H19N2/c1-20(14-12-15-7-2-4-10-17(15)19)13-6-9-16-8-3-5-11-18(16)20/h2-12,14H,13,19H2,1H3/q+1/b14-12+. The van der Waals surface area contributed by atoms with Crippen LogP contribution in [-0.2, 0) is 0 Å². The Bertz CT molecular complexity index is 685. The minimum atomic E-state index is 0.765. The fraction of sp³-hybridized carbons (Fsp3) is 0.111. The normalized spacial score (nSPS) is 21.1. The molecule has 2 nitrogen and oxygen atoms in total. The summed E-state index contributed by atoms with van der Waals surface area (Å²) in [7, 11) is 2.22. The number of nitrogens with two attached hydrogens (primary N) is 1. The molecule has 0 aliphatic carbocycles. The molecular weight excluding hydrogens is 244 g/mol. The van der Waals surface area contributed by atoms with Crippen LogP contribution >= 0.6 is 0 Å². The summed E-state index contributed by atoms with van der Waals surface area (Å²) in [6, 6.07) is 16.5. The predicted octanol–water partition coefficient (Wildman–Crippen LogP) is 3.90. The first-order chi connectivity index (χ1) is 9.69. The van der Waals surface area contributed by atoms with Gasteiger partial charge >= 0.3 is 0 Å². The van der Waals surface area contributed by atoms with E-state index in [4.69, 9.17) is 5.73 Å². The Morgan fingerprint density at radius 3 is 2.65 bits per heavy atom. The molecule has 2 N–H and O–H groups in total. The average molecular weight is 263 g/mol. The van der Waals surface area contributed by atoms with E-state index in [1.165, 1.54) is 11.3 Å². The van der Waals surface area contributed by atoms with Gasteiger partial charge in [-0.25, -0.2) is 0 Å². The molecule has 0 saturated heterocycles. The SMILES string of the molecule is C[N+]1(/C=C/c2ccccc2N)CC=Cc2ccccc21. The smallest absolute Gasteiger partial charge is 0.144 e. The maximum Gasteiger partial charge on any atom is 0.144 e. The number of hydrogen-bond donors (Lipinski definition) is 1. The summed E-state index contributed by atoms with van der Waals surface area (Å²) < 4.78 is 0.765. The number of likely N-dealkylation sites (N-methyl/N-ethyl adjacent to an activating group) is 1. The van der Waals surface area contributed by atoms with E-state index in [0.29, 0.717) is 0 Å². The van der Waals surface area contributed by atoms with Crippen LogP contribution in [0.2, 0.25) is 0 Å². The van der Waals surface area contributed by atoms with Crippen LogP contribution in [0.1, 0.15) is 11.1 Å². The second-order valence-corrected chi connectivity index (χ2v) is 5.36. The van der Waals surface area contributed by atoms with Crippen molar-refractivity contribution in [2.24, 2.45) is 0 Å². The van der Waals surface area contributed by atoms with Gasteiger partial charge in [0.05, 0.1) is 7.05 Å². The number of para-hydroxylation sites is 2. The zero-order chi connectivity index (χ0) is 14.0. The molecule has 1 aliphatic heterocycles. The summed E-state index contributed by atoms with van der Waals surface area (Å²) in [6.45, 7) is 0.959. The van der Waals surface area contributed by atoms with Crippen molar-refractivity contribution >= 4 is 23.5 Å². The molecule has 0 bridgehead atoms. The molecule has 2 heteroatoms. The molecule has 2 aromatic rings. The maximum absolute atomic E-state index is 6.00. The number of anilines is 1. The van der Waals surface area contributed by atoms with Gasteiger partial charge in [0.1, 0.15) is 18.4 Å². The Kier molecular flexibility index (Phi) is 3.17. The number of fused-ring (bicyclic) bond motifs is 1. The van der Waals surface area contributed by atoms with E-state index in [9.17, 15) is 0 Å². The van der Waals surface area contributed by atoms with Gasteiger partial charge in [0.25, 0.3) is 0 Å². The van der Waals surface area contributed by atoms with Crippen LogP contribution in [0.25, 0.3) is 12.2 Å². The Morgan fingerprint density at radius 2 is 1.80 bits per heavy atom. The van der Waals surface area contributed by atoms with Crippen molar-refractivity contribution < 1.29 is 0 Å². The van der Waals surface area contributed by atoms with Gasteiger partial charge in [-0.2, -0.15) is 0 Å².